The van der Waals surface area contributed by atoms with Crippen LogP contribution >= 0.6 is 0 Å². The molecule has 0 bridgehead atoms. The molecule has 2 saturated heterocycles. The lowest BCUT2D eigenvalue weighted by atomic mass is 9.79. The molecular weight excluding hydrogens is 447 g/mol. The molecule has 35 heavy (non-hydrogen) atoms. The number of nitrogens with zero attached hydrogens (tertiary/aromatic N) is 2. The molecule has 8 heteroatoms. The predicted octanol–water partition coefficient (Wildman–Crippen LogP) is 4.03. The van der Waals surface area contributed by atoms with Gasteiger partial charge in [-0.1, -0.05) is 26.0 Å². The molecule has 1 atom stereocenters. The van der Waals surface area contributed by atoms with Crippen LogP contribution in [0.5, 0.6) is 0 Å². The van der Waals surface area contributed by atoms with Gasteiger partial charge >= 0.3 is 6.03 Å². The number of aromatic nitrogens is 1. The molecule has 0 aliphatic carbocycles. The molecule has 2 aromatic carbocycles. The molecule has 0 radical (unpaired) electrons. The fourth-order valence-electron chi connectivity index (χ4n) is 5.58. The smallest absolute Gasteiger partial charge is 0.322 e. The van der Waals surface area contributed by atoms with Crippen LogP contribution in [-0.2, 0) is 17.4 Å². The molecule has 0 spiro atoms. The average molecular weight is 477 g/mol. The number of urea groups is 1. The molecule has 2 aliphatic rings. The number of fused-ring (bicyclic) bond motifs is 1. The molecule has 0 unspecified atom stereocenters. The Labute approximate surface area is 203 Å². The van der Waals surface area contributed by atoms with E-state index in [0.717, 1.165) is 29.3 Å². The van der Waals surface area contributed by atoms with Crippen molar-refractivity contribution < 1.29 is 18.8 Å². The van der Waals surface area contributed by atoms with Crippen LogP contribution < -0.4 is 10.6 Å². The van der Waals surface area contributed by atoms with Crippen molar-refractivity contribution in [1.29, 1.82) is 0 Å². The second kappa shape index (κ2) is 8.52. The molecule has 3 heterocycles. The highest BCUT2D eigenvalue weighted by Gasteiger charge is 2.50. The van der Waals surface area contributed by atoms with Gasteiger partial charge < -0.3 is 14.8 Å². The quantitative estimate of drug-likeness (QED) is 0.558. The summed E-state index contributed by atoms with van der Waals surface area (Å²) in [6, 6.07) is 11.3. The first-order valence-electron chi connectivity index (χ1n) is 12.0. The molecule has 182 valence electrons. The van der Waals surface area contributed by atoms with Crippen molar-refractivity contribution in [1.82, 2.24) is 20.1 Å². The predicted molar refractivity (Wildman–Crippen MR) is 130 cm³/mol. The van der Waals surface area contributed by atoms with Crippen LogP contribution in [-0.4, -0.2) is 40.4 Å². The second-order valence-electron chi connectivity index (χ2n) is 9.87. The maximum atomic E-state index is 13.9. The molecule has 7 nitrogen and oxygen atoms in total. The molecule has 2 fully saturated rings. The van der Waals surface area contributed by atoms with Crippen LogP contribution in [0, 0.1) is 11.7 Å². The summed E-state index contributed by atoms with van der Waals surface area (Å²) in [5, 5.41) is 6.03. The lowest BCUT2D eigenvalue weighted by Gasteiger charge is -2.33. The number of imide groups is 1. The van der Waals surface area contributed by atoms with Crippen LogP contribution in [0.25, 0.3) is 10.9 Å². The van der Waals surface area contributed by atoms with Crippen LogP contribution in [0.3, 0.4) is 0 Å². The van der Waals surface area contributed by atoms with Gasteiger partial charge in [0.2, 0.25) is 0 Å². The van der Waals surface area contributed by atoms with E-state index in [9.17, 15) is 18.8 Å². The van der Waals surface area contributed by atoms with Crippen LogP contribution in [0.2, 0.25) is 0 Å². The van der Waals surface area contributed by atoms with E-state index in [1.807, 2.05) is 30.4 Å². The van der Waals surface area contributed by atoms with Gasteiger partial charge in [0.25, 0.3) is 11.8 Å². The number of carbonyl (C=O) groups is 3. The third kappa shape index (κ3) is 3.77. The number of benzene rings is 2. The largest absolute Gasteiger partial charge is 0.350 e. The van der Waals surface area contributed by atoms with E-state index < -0.39 is 11.6 Å². The Kier molecular flexibility index (Phi) is 5.62. The van der Waals surface area contributed by atoms with Gasteiger partial charge in [0.05, 0.1) is 0 Å². The Balaban J connectivity index is 1.30. The highest BCUT2D eigenvalue weighted by Crippen LogP contribution is 2.36. The highest BCUT2D eigenvalue weighted by molar-refractivity contribution is 6.07. The van der Waals surface area contributed by atoms with Crippen LogP contribution in [0.15, 0.2) is 48.7 Å². The summed E-state index contributed by atoms with van der Waals surface area (Å²) in [4.78, 5) is 39.4. The standard InChI is InChI=1S/C27H29FN4O3/c1-16(2)27(25(34)29-26(35)30-27)19-6-4-18(5-7-19)24(33)32-12-10-17(11-13-32)22-15-31(3)23-9-8-20(28)14-21(22)23/h4-9,14-17H,10-13H2,1-3H3,(H2,29,30,34,35)/t27-/m1/s1. The third-order valence-corrected chi connectivity index (χ3v) is 7.55. The minimum absolute atomic E-state index is 0.0579. The van der Waals surface area contributed by atoms with E-state index in [2.05, 4.69) is 16.8 Å². The molecule has 3 aromatic rings. The van der Waals surface area contributed by atoms with E-state index in [4.69, 9.17) is 0 Å². The first-order valence-corrected chi connectivity index (χ1v) is 12.0. The van der Waals surface area contributed by atoms with E-state index in [-0.39, 0.29) is 29.5 Å². The Morgan fingerprint density at radius 3 is 2.37 bits per heavy atom. The first kappa shape index (κ1) is 23.1. The van der Waals surface area contributed by atoms with Crippen molar-refractivity contribution in [2.45, 2.75) is 38.1 Å². The van der Waals surface area contributed by atoms with Gasteiger partial charge in [-0.2, -0.15) is 0 Å². The Morgan fingerprint density at radius 2 is 1.77 bits per heavy atom. The van der Waals surface area contributed by atoms with Gasteiger partial charge in [0, 0.05) is 42.8 Å². The van der Waals surface area contributed by atoms with E-state index in [0.29, 0.717) is 24.2 Å². The summed E-state index contributed by atoms with van der Waals surface area (Å²) >= 11 is 0. The number of amides is 4. The van der Waals surface area contributed by atoms with Crippen molar-refractivity contribution >= 4 is 28.7 Å². The molecule has 5 rings (SSSR count). The summed E-state index contributed by atoms with van der Waals surface area (Å²) in [5.41, 5.74) is 2.19. The number of hydrogen-bond donors (Lipinski definition) is 2. The second-order valence-corrected chi connectivity index (χ2v) is 9.87. The van der Waals surface area contributed by atoms with Crippen LogP contribution in [0.1, 0.15) is 54.1 Å². The van der Waals surface area contributed by atoms with Gasteiger partial charge in [-0.3, -0.25) is 14.9 Å². The summed E-state index contributed by atoms with van der Waals surface area (Å²) in [6.07, 6.45) is 3.69. The lowest BCUT2D eigenvalue weighted by Crippen LogP contribution is -2.48. The Hall–Kier alpha value is -3.68. The van der Waals surface area contributed by atoms with Gasteiger partial charge in [-0.05, 0) is 66.1 Å². The number of likely N-dealkylation sites (tertiary alicyclic amines) is 1. The maximum absolute atomic E-state index is 13.9. The fourth-order valence-corrected chi connectivity index (χ4v) is 5.58. The molecule has 2 N–H and O–H groups in total. The highest BCUT2D eigenvalue weighted by atomic mass is 19.1. The number of aryl methyl sites for hydroxylation is 1. The minimum atomic E-state index is -1.14. The molecule has 1 aromatic heterocycles. The summed E-state index contributed by atoms with van der Waals surface area (Å²) in [5.74, 6) is -0.585. The summed E-state index contributed by atoms with van der Waals surface area (Å²) in [6.45, 7) is 4.98. The zero-order valence-electron chi connectivity index (χ0n) is 20.1. The van der Waals surface area contributed by atoms with Crippen molar-refractivity contribution in [2.75, 3.05) is 13.1 Å². The van der Waals surface area contributed by atoms with E-state index >= 15 is 0 Å². The number of halogens is 1. The Morgan fingerprint density at radius 1 is 1.09 bits per heavy atom. The summed E-state index contributed by atoms with van der Waals surface area (Å²) < 4.78 is 15.9. The van der Waals surface area contributed by atoms with Gasteiger partial charge in [-0.25, -0.2) is 9.18 Å². The monoisotopic (exact) mass is 476 g/mol. The van der Waals surface area contributed by atoms with Crippen molar-refractivity contribution in [3.8, 4) is 0 Å². The lowest BCUT2D eigenvalue weighted by molar-refractivity contribution is -0.125. The van der Waals surface area contributed by atoms with Gasteiger partial charge in [0.15, 0.2) is 0 Å². The van der Waals surface area contributed by atoms with Crippen LogP contribution in [0.4, 0.5) is 9.18 Å². The molecular formula is C27H29FN4O3. The van der Waals surface area contributed by atoms with Crippen molar-refractivity contribution in [3.63, 3.8) is 0 Å². The zero-order chi connectivity index (χ0) is 24.9. The normalized spacial score (nSPS) is 21.0. The third-order valence-electron chi connectivity index (χ3n) is 7.55. The average Bonchev–Trinajstić information content (AvgIpc) is 3.34. The van der Waals surface area contributed by atoms with Crippen molar-refractivity contribution in [3.05, 3.63) is 71.2 Å². The maximum Gasteiger partial charge on any atom is 0.322 e. The minimum Gasteiger partial charge on any atom is -0.350 e. The zero-order valence-corrected chi connectivity index (χ0v) is 20.1. The first-order chi connectivity index (χ1) is 16.7. The summed E-state index contributed by atoms with van der Waals surface area (Å²) in [7, 11) is 1.97. The molecule has 0 saturated carbocycles. The number of nitrogens with one attached hydrogen (secondary N) is 2. The number of piperidine rings is 1. The van der Waals surface area contributed by atoms with E-state index in [1.54, 1.807) is 36.4 Å². The van der Waals surface area contributed by atoms with E-state index in [1.165, 1.54) is 6.07 Å². The number of carbonyl (C=O) groups excluding carboxylic acids is 3. The van der Waals surface area contributed by atoms with Crippen molar-refractivity contribution in [2.24, 2.45) is 13.0 Å². The van der Waals surface area contributed by atoms with Gasteiger partial charge in [-0.15, -0.1) is 0 Å². The molecule has 4 amide bonds. The number of rotatable bonds is 4. The topological polar surface area (TPSA) is 83.4 Å². The SMILES string of the molecule is CC(C)[C@]1(c2ccc(C(=O)N3CCC(c4cn(C)c5ccc(F)cc45)CC3)cc2)NC(=O)NC1=O. The number of hydrogen-bond acceptors (Lipinski definition) is 3. The fraction of sp³-hybridized carbons (Fsp3) is 0.370. The van der Waals surface area contributed by atoms with Gasteiger partial charge in [0.1, 0.15) is 11.4 Å². The molecule has 2 aliphatic heterocycles. The Bertz CT molecular complexity index is 1320.